The summed E-state index contributed by atoms with van der Waals surface area (Å²) in [4.78, 5) is 16.8. The van der Waals surface area contributed by atoms with E-state index < -0.39 is 21.5 Å². The standard InChI is InChI=1S/C19H20N2O3S2/c1-3-14-9-10-16-17(11-14)25-19(21(16)2)20-18(22)13-26(23,24)12-15-7-5-4-6-8-15/h4-11H,3,12-13H2,1-2H3. The topological polar surface area (TPSA) is 68.5 Å². The van der Waals surface area contributed by atoms with Crippen LogP contribution in [-0.4, -0.2) is 24.6 Å². The monoisotopic (exact) mass is 388 g/mol. The first-order chi connectivity index (χ1) is 12.4. The van der Waals surface area contributed by atoms with Crippen LogP contribution < -0.4 is 4.80 Å². The lowest BCUT2D eigenvalue weighted by Gasteiger charge is -2.02. The number of hydrogen-bond donors (Lipinski definition) is 0. The molecule has 3 rings (SSSR count). The highest BCUT2D eigenvalue weighted by Crippen LogP contribution is 2.18. The average molecular weight is 389 g/mol. The molecule has 1 heterocycles. The van der Waals surface area contributed by atoms with E-state index in [4.69, 9.17) is 0 Å². The number of carbonyl (C=O) groups excluding carboxylic acids is 1. The second kappa shape index (κ2) is 7.55. The molecule has 2 aromatic carbocycles. The number of thiazole rings is 1. The molecule has 0 aliphatic carbocycles. The molecule has 0 radical (unpaired) electrons. The number of benzene rings is 2. The summed E-state index contributed by atoms with van der Waals surface area (Å²) in [6.45, 7) is 2.08. The summed E-state index contributed by atoms with van der Waals surface area (Å²) in [6.07, 6.45) is 0.931. The maximum absolute atomic E-state index is 12.3. The SMILES string of the molecule is CCc1ccc2c(c1)sc(=NC(=O)CS(=O)(=O)Cc1ccccc1)n2C. The third-order valence-electron chi connectivity index (χ3n) is 4.08. The lowest BCUT2D eigenvalue weighted by molar-refractivity contribution is -0.115. The molecule has 1 amide bonds. The van der Waals surface area contributed by atoms with E-state index in [1.54, 1.807) is 24.3 Å². The Labute approximate surface area is 156 Å². The lowest BCUT2D eigenvalue weighted by Crippen LogP contribution is -2.20. The summed E-state index contributed by atoms with van der Waals surface area (Å²) < 4.78 is 27.4. The van der Waals surface area contributed by atoms with Crippen LogP contribution in [0.1, 0.15) is 18.1 Å². The van der Waals surface area contributed by atoms with Gasteiger partial charge in [-0.2, -0.15) is 4.99 Å². The first-order valence-electron chi connectivity index (χ1n) is 8.28. The van der Waals surface area contributed by atoms with Gasteiger partial charge in [0.2, 0.25) is 0 Å². The number of hydrogen-bond acceptors (Lipinski definition) is 4. The molecule has 0 unspecified atom stereocenters. The Morgan fingerprint density at radius 1 is 1.12 bits per heavy atom. The Kier molecular flexibility index (Phi) is 5.38. The van der Waals surface area contributed by atoms with Crippen LogP contribution >= 0.6 is 11.3 Å². The van der Waals surface area contributed by atoms with Crippen LogP contribution in [0.15, 0.2) is 53.5 Å². The molecule has 0 atom stereocenters. The molecular formula is C19H20N2O3S2. The van der Waals surface area contributed by atoms with Gasteiger partial charge in [0.15, 0.2) is 14.6 Å². The zero-order valence-electron chi connectivity index (χ0n) is 14.7. The first kappa shape index (κ1) is 18.5. The second-order valence-electron chi connectivity index (χ2n) is 6.12. The van der Waals surface area contributed by atoms with E-state index in [1.165, 1.54) is 16.9 Å². The number of aryl methyl sites for hydroxylation is 2. The molecule has 3 aromatic rings. The number of fused-ring (bicyclic) bond motifs is 1. The van der Waals surface area contributed by atoms with Gasteiger partial charge in [-0.15, -0.1) is 0 Å². The van der Waals surface area contributed by atoms with Crippen LogP contribution in [0.5, 0.6) is 0 Å². The Morgan fingerprint density at radius 3 is 2.54 bits per heavy atom. The molecule has 0 N–H and O–H groups in total. The van der Waals surface area contributed by atoms with Gasteiger partial charge < -0.3 is 4.57 Å². The van der Waals surface area contributed by atoms with E-state index in [0.717, 1.165) is 16.6 Å². The van der Waals surface area contributed by atoms with Crippen molar-refractivity contribution in [3.63, 3.8) is 0 Å². The molecular weight excluding hydrogens is 368 g/mol. The summed E-state index contributed by atoms with van der Waals surface area (Å²) in [5, 5.41) is 0. The molecule has 0 aliphatic heterocycles. The van der Waals surface area contributed by atoms with E-state index in [0.29, 0.717) is 10.4 Å². The van der Waals surface area contributed by atoms with E-state index in [1.807, 2.05) is 29.8 Å². The van der Waals surface area contributed by atoms with E-state index in [2.05, 4.69) is 18.0 Å². The van der Waals surface area contributed by atoms with Crippen LogP contribution in [-0.2, 0) is 33.9 Å². The van der Waals surface area contributed by atoms with Crippen LogP contribution in [0, 0.1) is 0 Å². The van der Waals surface area contributed by atoms with Crippen LogP contribution in [0.25, 0.3) is 10.2 Å². The summed E-state index contributed by atoms with van der Waals surface area (Å²) in [5.74, 6) is -1.39. The van der Waals surface area contributed by atoms with Gasteiger partial charge in [-0.1, -0.05) is 54.7 Å². The fourth-order valence-electron chi connectivity index (χ4n) is 2.71. The van der Waals surface area contributed by atoms with Gasteiger partial charge >= 0.3 is 0 Å². The largest absolute Gasteiger partial charge is 0.319 e. The highest BCUT2D eigenvalue weighted by Gasteiger charge is 2.17. The van der Waals surface area contributed by atoms with Crippen molar-refractivity contribution in [2.75, 3.05) is 5.75 Å². The Balaban J connectivity index is 1.84. The zero-order chi connectivity index (χ0) is 18.7. The van der Waals surface area contributed by atoms with Gasteiger partial charge in [-0.05, 0) is 29.7 Å². The normalized spacial score (nSPS) is 12.6. The number of carbonyl (C=O) groups is 1. The summed E-state index contributed by atoms with van der Waals surface area (Å²) in [5.41, 5.74) is 2.85. The molecule has 26 heavy (non-hydrogen) atoms. The average Bonchev–Trinajstić information content (AvgIpc) is 2.89. The van der Waals surface area contributed by atoms with Gasteiger partial charge in [-0.25, -0.2) is 8.42 Å². The minimum absolute atomic E-state index is 0.159. The van der Waals surface area contributed by atoms with Gasteiger partial charge in [0.05, 0.1) is 16.0 Å². The van der Waals surface area contributed by atoms with Gasteiger partial charge in [0, 0.05) is 7.05 Å². The van der Waals surface area contributed by atoms with Gasteiger partial charge in [-0.3, -0.25) is 4.79 Å². The predicted molar refractivity (Wildman–Crippen MR) is 105 cm³/mol. The van der Waals surface area contributed by atoms with Crippen molar-refractivity contribution < 1.29 is 13.2 Å². The quantitative estimate of drug-likeness (QED) is 0.675. The molecule has 0 aliphatic rings. The highest BCUT2D eigenvalue weighted by molar-refractivity contribution is 7.91. The summed E-state index contributed by atoms with van der Waals surface area (Å²) >= 11 is 1.39. The number of sulfone groups is 1. The number of aromatic nitrogens is 1. The Morgan fingerprint density at radius 2 is 1.85 bits per heavy atom. The van der Waals surface area contributed by atoms with E-state index >= 15 is 0 Å². The van der Waals surface area contributed by atoms with Crippen molar-refractivity contribution in [2.24, 2.45) is 12.0 Å². The molecule has 0 bridgehead atoms. The summed E-state index contributed by atoms with van der Waals surface area (Å²) in [7, 11) is -1.73. The van der Waals surface area contributed by atoms with E-state index in [9.17, 15) is 13.2 Å². The third-order valence-corrected chi connectivity index (χ3v) is 6.63. The number of rotatable bonds is 5. The van der Waals surface area contributed by atoms with E-state index in [-0.39, 0.29) is 5.75 Å². The molecule has 0 fully saturated rings. The van der Waals surface area contributed by atoms with Crippen molar-refractivity contribution in [3.8, 4) is 0 Å². The van der Waals surface area contributed by atoms with Crippen molar-refractivity contribution in [3.05, 3.63) is 64.5 Å². The predicted octanol–water partition coefficient (Wildman–Crippen LogP) is 2.84. The lowest BCUT2D eigenvalue weighted by atomic mass is 10.2. The number of amides is 1. The smallest absolute Gasteiger partial charge is 0.263 e. The fraction of sp³-hybridized carbons (Fsp3) is 0.263. The molecule has 7 heteroatoms. The van der Waals surface area contributed by atoms with Crippen molar-refractivity contribution in [1.29, 1.82) is 0 Å². The number of nitrogens with zero attached hydrogens (tertiary/aromatic N) is 2. The molecule has 136 valence electrons. The van der Waals surface area contributed by atoms with Crippen LogP contribution in [0.2, 0.25) is 0 Å². The maximum Gasteiger partial charge on any atom is 0.263 e. The van der Waals surface area contributed by atoms with Crippen molar-refractivity contribution in [2.45, 2.75) is 19.1 Å². The molecule has 1 aromatic heterocycles. The minimum atomic E-state index is -3.56. The van der Waals surface area contributed by atoms with Crippen LogP contribution in [0.4, 0.5) is 0 Å². The zero-order valence-corrected chi connectivity index (χ0v) is 16.3. The first-order valence-corrected chi connectivity index (χ1v) is 10.9. The second-order valence-corrected chi connectivity index (χ2v) is 9.20. The fourth-order valence-corrected chi connectivity index (χ4v) is 5.05. The maximum atomic E-state index is 12.3. The summed E-state index contributed by atoms with van der Waals surface area (Å²) in [6, 6.07) is 15.0. The third kappa shape index (κ3) is 4.28. The van der Waals surface area contributed by atoms with Crippen molar-refractivity contribution in [1.82, 2.24) is 4.57 Å². The Hall–Kier alpha value is -2.25. The molecule has 0 saturated heterocycles. The molecule has 5 nitrogen and oxygen atoms in total. The Bertz CT molecular complexity index is 1110. The van der Waals surface area contributed by atoms with Crippen LogP contribution in [0.3, 0.4) is 0 Å². The minimum Gasteiger partial charge on any atom is -0.319 e. The molecule has 0 spiro atoms. The highest BCUT2D eigenvalue weighted by atomic mass is 32.2. The van der Waals surface area contributed by atoms with Gasteiger partial charge in [0.25, 0.3) is 5.91 Å². The van der Waals surface area contributed by atoms with Crippen molar-refractivity contribution >= 4 is 37.3 Å². The molecule has 0 saturated carbocycles. The van der Waals surface area contributed by atoms with Gasteiger partial charge in [0.1, 0.15) is 5.75 Å².